The predicted molar refractivity (Wildman–Crippen MR) is 136 cm³/mol. The first-order valence-electron chi connectivity index (χ1n) is 10.5. The highest BCUT2D eigenvalue weighted by Gasteiger charge is 2.39. The van der Waals surface area contributed by atoms with Gasteiger partial charge in [-0.15, -0.1) is 0 Å². The summed E-state index contributed by atoms with van der Waals surface area (Å²) in [5.41, 5.74) is 2.56. The molecule has 3 aromatic rings. The molecule has 1 aliphatic rings. The molecule has 0 bridgehead atoms. The van der Waals surface area contributed by atoms with Crippen molar-refractivity contribution in [2.45, 2.75) is 13.8 Å². The Balaban J connectivity index is 1.53. The largest absolute Gasteiger partial charge is 0.350 e. The minimum atomic E-state index is -0.674. The summed E-state index contributed by atoms with van der Waals surface area (Å²) in [6, 6.07) is 17.8. The van der Waals surface area contributed by atoms with Gasteiger partial charge in [-0.1, -0.05) is 35.3 Å². The van der Waals surface area contributed by atoms with E-state index in [1.807, 2.05) is 0 Å². The van der Waals surface area contributed by atoms with Crippen molar-refractivity contribution in [3.63, 3.8) is 0 Å². The van der Waals surface area contributed by atoms with Crippen molar-refractivity contribution in [1.29, 1.82) is 0 Å². The first kappa shape index (κ1) is 24.2. The Morgan fingerprint density at radius 2 is 1.51 bits per heavy atom. The molecule has 0 radical (unpaired) electrons. The third kappa shape index (κ3) is 4.82. The van der Waals surface area contributed by atoms with Crippen molar-refractivity contribution in [3.8, 4) is 0 Å². The number of carbonyl (C=O) groups excluding carboxylic acids is 4. The van der Waals surface area contributed by atoms with E-state index in [-0.39, 0.29) is 16.5 Å². The average Bonchev–Trinajstić information content (AvgIpc) is 3.04. The molecule has 3 amide bonds. The Hall–Kier alpha value is -3.94. The van der Waals surface area contributed by atoms with Gasteiger partial charge in [-0.2, -0.15) is 0 Å². The van der Waals surface area contributed by atoms with Crippen molar-refractivity contribution >= 4 is 63.8 Å². The van der Waals surface area contributed by atoms with E-state index in [0.717, 1.165) is 4.90 Å². The summed E-state index contributed by atoms with van der Waals surface area (Å²) in [4.78, 5) is 51.0. The number of anilines is 3. The normalized spacial score (nSPS) is 13.3. The molecule has 0 unspecified atom stereocenters. The van der Waals surface area contributed by atoms with Crippen LogP contribution in [0.3, 0.4) is 0 Å². The molecule has 3 aromatic carbocycles. The van der Waals surface area contributed by atoms with Crippen LogP contribution in [-0.4, -0.2) is 23.5 Å². The number of nitrogens with zero attached hydrogens (tertiary/aromatic N) is 1. The van der Waals surface area contributed by atoms with Crippen LogP contribution in [0, 0.1) is 6.92 Å². The highest BCUT2D eigenvalue weighted by Crippen LogP contribution is 2.34. The maximum Gasteiger partial charge on any atom is 0.283 e. The molecule has 0 aliphatic carbocycles. The zero-order chi connectivity index (χ0) is 25.3. The molecular formula is C26H19Cl2N3O4. The van der Waals surface area contributed by atoms with Crippen LogP contribution in [0.4, 0.5) is 17.1 Å². The van der Waals surface area contributed by atoms with Crippen molar-refractivity contribution in [1.82, 2.24) is 0 Å². The van der Waals surface area contributed by atoms with Gasteiger partial charge in [0.25, 0.3) is 17.7 Å². The lowest BCUT2D eigenvalue weighted by atomic mass is 10.1. The van der Waals surface area contributed by atoms with Crippen LogP contribution in [-0.2, 0) is 9.59 Å². The molecule has 0 fully saturated rings. The van der Waals surface area contributed by atoms with Crippen LogP contribution in [0.2, 0.25) is 5.02 Å². The summed E-state index contributed by atoms with van der Waals surface area (Å²) in [5, 5.41) is 5.76. The van der Waals surface area contributed by atoms with Gasteiger partial charge in [-0.3, -0.25) is 19.2 Å². The van der Waals surface area contributed by atoms with E-state index < -0.39 is 17.7 Å². The molecule has 176 valence electrons. The number of nitrogens with one attached hydrogen (secondary N) is 2. The lowest BCUT2D eigenvalue weighted by Crippen LogP contribution is -2.32. The number of hydrogen-bond acceptors (Lipinski definition) is 5. The number of amides is 3. The molecule has 0 saturated heterocycles. The van der Waals surface area contributed by atoms with E-state index in [9.17, 15) is 19.2 Å². The summed E-state index contributed by atoms with van der Waals surface area (Å²) in [5.74, 6) is -1.77. The van der Waals surface area contributed by atoms with Crippen LogP contribution >= 0.6 is 23.2 Å². The van der Waals surface area contributed by atoms with Gasteiger partial charge in [-0.05, 0) is 74.0 Å². The summed E-state index contributed by atoms with van der Waals surface area (Å²) < 4.78 is 0. The number of ketones is 1. The highest BCUT2D eigenvalue weighted by atomic mass is 35.5. The number of rotatable bonds is 6. The predicted octanol–water partition coefficient (Wildman–Crippen LogP) is 5.54. The van der Waals surface area contributed by atoms with Gasteiger partial charge in [0.05, 0.1) is 5.69 Å². The molecule has 2 N–H and O–H groups in total. The van der Waals surface area contributed by atoms with Crippen molar-refractivity contribution < 1.29 is 19.2 Å². The molecule has 7 nitrogen and oxygen atoms in total. The first-order valence-corrected chi connectivity index (χ1v) is 11.3. The monoisotopic (exact) mass is 507 g/mol. The van der Waals surface area contributed by atoms with Crippen LogP contribution < -0.4 is 15.5 Å². The maximum atomic E-state index is 13.1. The molecule has 0 saturated carbocycles. The van der Waals surface area contributed by atoms with Crippen LogP contribution in [0.5, 0.6) is 0 Å². The Bertz CT molecular complexity index is 1410. The number of halogens is 2. The molecule has 0 atom stereocenters. The van der Waals surface area contributed by atoms with Gasteiger partial charge in [0, 0.05) is 27.5 Å². The van der Waals surface area contributed by atoms with Gasteiger partial charge in [0.15, 0.2) is 5.78 Å². The van der Waals surface area contributed by atoms with Crippen molar-refractivity contribution in [2.75, 3.05) is 15.5 Å². The summed E-state index contributed by atoms with van der Waals surface area (Å²) >= 11 is 12.4. The third-order valence-electron chi connectivity index (χ3n) is 5.45. The van der Waals surface area contributed by atoms with E-state index in [2.05, 4.69) is 10.6 Å². The number of carbonyl (C=O) groups is 4. The first-order chi connectivity index (χ1) is 16.7. The zero-order valence-corrected chi connectivity index (χ0v) is 20.2. The molecule has 4 rings (SSSR count). The second-order valence-electron chi connectivity index (χ2n) is 7.81. The number of benzene rings is 3. The zero-order valence-electron chi connectivity index (χ0n) is 18.7. The number of Topliss-reactive ketones (excluding diaryl/α,β-unsaturated/α-hetero) is 1. The van der Waals surface area contributed by atoms with Gasteiger partial charge in [-0.25, -0.2) is 4.90 Å². The molecule has 35 heavy (non-hydrogen) atoms. The van der Waals surface area contributed by atoms with E-state index in [1.165, 1.54) is 13.0 Å². The Morgan fingerprint density at radius 3 is 2.20 bits per heavy atom. The molecule has 1 heterocycles. The molecule has 1 aliphatic heterocycles. The average molecular weight is 508 g/mol. The van der Waals surface area contributed by atoms with E-state index in [0.29, 0.717) is 38.8 Å². The summed E-state index contributed by atoms with van der Waals surface area (Å²) in [7, 11) is 0. The second kappa shape index (κ2) is 9.74. The summed E-state index contributed by atoms with van der Waals surface area (Å²) in [6.45, 7) is 3.17. The fourth-order valence-corrected chi connectivity index (χ4v) is 3.92. The van der Waals surface area contributed by atoms with Crippen LogP contribution in [0.1, 0.15) is 33.2 Å². The summed E-state index contributed by atoms with van der Waals surface area (Å²) in [6.07, 6.45) is 0. The molecule has 0 aromatic heterocycles. The third-order valence-corrected chi connectivity index (χ3v) is 6.21. The molecule has 9 heteroatoms. The lowest BCUT2D eigenvalue weighted by Gasteiger charge is -2.18. The van der Waals surface area contributed by atoms with Crippen molar-refractivity contribution in [3.05, 3.63) is 99.2 Å². The number of imide groups is 1. The number of hydrogen-bond donors (Lipinski definition) is 2. The SMILES string of the molecule is CC(=O)c1ccc(NC(=O)c2cccc(NC3=C(Cl)C(=O)N(c4cccc(Cl)c4C)C3=O)c2)cc1. The van der Waals surface area contributed by atoms with Gasteiger partial charge < -0.3 is 10.6 Å². The van der Waals surface area contributed by atoms with Crippen LogP contribution in [0.25, 0.3) is 0 Å². The quantitative estimate of drug-likeness (QED) is 0.337. The van der Waals surface area contributed by atoms with Crippen molar-refractivity contribution in [2.24, 2.45) is 0 Å². The Labute approximate surface area is 211 Å². The minimum absolute atomic E-state index is 0.0707. The second-order valence-corrected chi connectivity index (χ2v) is 8.60. The van der Waals surface area contributed by atoms with E-state index >= 15 is 0 Å². The fourth-order valence-electron chi connectivity index (χ4n) is 3.54. The van der Waals surface area contributed by atoms with Gasteiger partial charge in [0.2, 0.25) is 0 Å². The molecular weight excluding hydrogens is 489 g/mol. The lowest BCUT2D eigenvalue weighted by molar-refractivity contribution is -0.120. The van der Waals surface area contributed by atoms with Gasteiger partial charge >= 0.3 is 0 Å². The Morgan fingerprint density at radius 1 is 0.829 bits per heavy atom. The van der Waals surface area contributed by atoms with E-state index in [4.69, 9.17) is 23.2 Å². The standard InChI is InChI=1S/C26H19Cl2N3O4/c1-14-20(27)7-4-8-21(14)31-25(34)22(28)23(26(31)35)29-19-6-3-5-17(13-19)24(33)30-18-11-9-16(10-12-18)15(2)32/h3-13,29H,1-2H3,(H,30,33). The smallest absolute Gasteiger partial charge is 0.283 e. The molecule has 0 spiro atoms. The minimum Gasteiger partial charge on any atom is -0.350 e. The fraction of sp³-hybridized carbons (Fsp3) is 0.0769. The van der Waals surface area contributed by atoms with E-state index in [1.54, 1.807) is 67.6 Å². The topological polar surface area (TPSA) is 95.6 Å². The van der Waals surface area contributed by atoms with Gasteiger partial charge in [0.1, 0.15) is 10.7 Å². The highest BCUT2D eigenvalue weighted by molar-refractivity contribution is 6.53. The van der Waals surface area contributed by atoms with Crippen LogP contribution in [0.15, 0.2) is 77.5 Å². The Kier molecular flexibility index (Phi) is 6.73. The maximum absolute atomic E-state index is 13.1.